The molecule has 20 heavy (non-hydrogen) atoms. The number of aromatic nitrogens is 5. The van der Waals surface area contributed by atoms with Gasteiger partial charge >= 0.3 is 0 Å². The SMILES string of the molecule is COc1cc(-n2cnc(-c3cccc(N)c3)n2)ncn1. The van der Waals surface area contributed by atoms with Crippen LogP contribution in [0.5, 0.6) is 5.88 Å². The van der Waals surface area contributed by atoms with Crippen molar-refractivity contribution in [1.82, 2.24) is 24.7 Å². The smallest absolute Gasteiger partial charge is 0.218 e. The summed E-state index contributed by atoms with van der Waals surface area (Å²) in [6.07, 6.45) is 3.00. The number of rotatable bonds is 3. The number of hydrogen-bond donors (Lipinski definition) is 1. The monoisotopic (exact) mass is 268 g/mol. The molecule has 0 aliphatic carbocycles. The van der Waals surface area contributed by atoms with Gasteiger partial charge in [0.15, 0.2) is 11.6 Å². The van der Waals surface area contributed by atoms with Crippen molar-refractivity contribution in [3.05, 3.63) is 43.0 Å². The van der Waals surface area contributed by atoms with Crippen molar-refractivity contribution in [2.24, 2.45) is 0 Å². The molecule has 7 heteroatoms. The fraction of sp³-hybridized carbons (Fsp3) is 0.0769. The molecule has 2 heterocycles. The van der Waals surface area contributed by atoms with E-state index in [9.17, 15) is 0 Å². The molecule has 0 bridgehead atoms. The van der Waals surface area contributed by atoms with E-state index in [1.165, 1.54) is 6.33 Å². The third kappa shape index (κ3) is 2.28. The highest BCUT2D eigenvalue weighted by Gasteiger charge is 2.07. The second-order valence-corrected chi connectivity index (χ2v) is 4.06. The molecule has 3 rings (SSSR count). The molecule has 0 aliphatic heterocycles. The lowest BCUT2D eigenvalue weighted by Crippen LogP contribution is -2.00. The number of hydrogen-bond acceptors (Lipinski definition) is 6. The summed E-state index contributed by atoms with van der Waals surface area (Å²) in [6, 6.07) is 9.07. The summed E-state index contributed by atoms with van der Waals surface area (Å²) >= 11 is 0. The molecule has 0 amide bonds. The van der Waals surface area contributed by atoms with Gasteiger partial charge in [-0.2, -0.15) is 0 Å². The van der Waals surface area contributed by atoms with Gasteiger partial charge in [-0.15, -0.1) is 5.10 Å². The Bertz CT molecular complexity index is 739. The predicted octanol–water partition coefficient (Wildman–Crippen LogP) is 1.32. The van der Waals surface area contributed by atoms with Crippen molar-refractivity contribution in [3.63, 3.8) is 0 Å². The van der Waals surface area contributed by atoms with E-state index in [1.807, 2.05) is 24.3 Å². The standard InChI is InChI=1S/C13H12N6O/c1-20-12-6-11(15-7-16-12)19-8-17-13(18-19)9-3-2-4-10(14)5-9/h2-8H,14H2,1H3. The molecule has 0 spiro atoms. The predicted molar refractivity (Wildman–Crippen MR) is 73.3 cm³/mol. The van der Waals surface area contributed by atoms with E-state index in [0.29, 0.717) is 23.2 Å². The Hall–Kier alpha value is -2.96. The summed E-state index contributed by atoms with van der Waals surface area (Å²) in [5.41, 5.74) is 7.27. The van der Waals surface area contributed by atoms with Gasteiger partial charge in [-0.25, -0.2) is 19.6 Å². The van der Waals surface area contributed by atoms with Crippen LogP contribution in [0.2, 0.25) is 0 Å². The summed E-state index contributed by atoms with van der Waals surface area (Å²) in [5, 5.41) is 4.37. The molecule has 7 nitrogen and oxygen atoms in total. The molecule has 1 aromatic carbocycles. The Morgan fingerprint density at radius 2 is 2.05 bits per heavy atom. The van der Waals surface area contributed by atoms with Crippen LogP contribution < -0.4 is 10.5 Å². The number of ether oxygens (including phenoxy) is 1. The van der Waals surface area contributed by atoms with Gasteiger partial charge in [0.25, 0.3) is 0 Å². The van der Waals surface area contributed by atoms with Gasteiger partial charge in [0.05, 0.1) is 7.11 Å². The molecule has 0 aliphatic rings. The maximum atomic E-state index is 5.75. The largest absolute Gasteiger partial charge is 0.481 e. The minimum absolute atomic E-state index is 0.469. The Labute approximate surface area is 115 Å². The molecule has 2 N–H and O–H groups in total. The van der Waals surface area contributed by atoms with Crippen LogP contribution >= 0.6 is 0 Å². The summed E-state index contributed by atoms with van der Waals surface area (Å²) < 4.78 is 6.61. The molecule has 0 atom stereocenters. The molecule has 0 saturated carbocycles. The molecule has 3 aromatic rings. The highest BCUT2D eigenvalue weighted by molar-refractivity contribution is 5.60. The topological polar surface area (TPSA) is 91.7 Å². The van der Waals surface area contributed by atoms with E-state index in [2.05, 4.69) is 20.1 Å². The lowest BCUT2D eigenvalue weighted by Gasteiger charge is -2.01. The minimum atomic E-state index is 0.469. The number of benzene rings is 1. The first kappa shape index (κ1) is 12.1. The average molecular weight is 268 g/mol. The van der Waals surface area contributed by atoms with Crippen molar-refractivity contribution < 1.29 is 4.74 Å². The molecule has 0 saturated heterocycles. The molecule has 0 fully saturated rings. The van der Waals surface area contributed by atoms with Gasteiger partial charge in [-0.1, -0.05) is 12.1 Å². The van der Waals surface area contributed by atoms with E-state index in [0.717, 1.165) is 5.56 Å². The molecular weight excluding hydrogens is 256 g/mol. The maximum Gasteiger partial charge on any atom is 0.218 e. The second-order valence-electron chi connectivity index (χ2n) is 4.06. The number of nitrogen functional groups attached to an aromatic ring is 1. The summed E-state index contributed by atoms with van der Waals surface area (Å²) in [5.74, 6) is 1.63. The van der Waals surface area contributed by atoms with Gasteiger partial charge in [0.1, 0.15) is 12.7 Å². The van der Waals surface area contributed by atoms with E-state index in [-0.39, 0.29) is 0 Å². The van der Waals surface area contributed by atoms with Gasteiger partial charge in [0.2, 0.25) is 5.88 Å². The lowest BCUT2D eigenvalue weighted by atomic mass is 10.2. The molecule has 2 aromatic heterocycles. The van der Waals surface area contributed by atoms with E-state index < -0.39 is 0 Å². The molecule has 0 radical (unpaired) electrons. The van der Waals surface area contributed by atoms with Crippen LogP contribution in [0.4, 0.5) is 5.69 Å². The summed E-state index contributed by atoms with van der Waals surface area (Å²) in [6.45, 7) is 0. The van der Waals surface area contributed by atoms with Crippen molar-refractivity contribution >= 4 is 5.69 Å². The van der Waals surface area contributed by atoms with Crippen LogP contribution in [0.15, 0.2) is 43.0 Å². The normalized spacial score (nSPS) is 10.4. The Morgan fingerprint density at radius 1 is 1.15 bits per heavy atom. The maximum absolute atomic E-state index is 5.75. The fourth-order valence-corrected chi connectivity index (χ4v) is 1.75. The van der Waals surface area contributed by atoms with Crippen molar-refractivity contribution in [2.45, 2.75) is 0 Å². The van der Waals surface area contributed by atoms with Gasteiger partial charge < -0.3 is 10.5 Å². The van der Waals surface area contributed by atoms with Gasteiger partial charge in [0, 0.05) is 17.3 Å². The number of nitrogens with two attached hydrogens (primary N) is 1. The highest BCUT2D eigenvalue weighted by atomic mass is 16.5. The van der Waals surface area contributed by atoms with Crippen LogP contribution in [0.1, 0.15) is 0 Å². The zero-order valence-electron chi connectivity index (χ0n) is 10.8. The number of nitrogens with zero attached hydrogens (tertiary/aromatic N) is 5. The Kier molecular flexibility index (Phi) is 3.00. The minimum Gasteiger partial charge on any atom is -0.481 e. The lowest BCUT2D eigenvalue weighted by molar-refractivity contribution is 0.396. The zero-order chi connectivity index (χ0) is 13.9. The quantitative estimate of drug-likeness (QED) is 0.720. The van der Waals surface area contributed by atoms with Crippen LogP contribution in [0.3, 0.4) is 0 Å². The molecular formula is C13H12N6O. The number of anilines is 1. The van der Waals surface area contributed by atoms with E-state index in [1.54, 1.807) is 24.2 Å². The van der Waals surface area contributed by atoms with Gasteiger partial charge in [-0.3, -0.25) is 0 Å². The van der Waals surface area contributed by atoms with E-state index >= 15 is 0 Å². The number of methoxy groups -OCH3 is 1. The van der Waals surface area contributed by atoms with Crippen molar-refractivity contribution in [2.75, 3.05) is 12.8 Å². The fourth-order valence-electron chi connectivity index (χ4n) is 1.75. The first-order chi connectivity index (χ1) is 9.76. The second kappa shape index (κ2) is 4.96. The summed E-state index contributed by atoms with van der Waals surface area (Å²) in [7, 11) is 1.55. The molecule has 100 valence electrons. The van der Waals surface area contributed by atoms with Crippen molar-refractivity contribution in [3.8, 4) is 23.1 Å². The van der Waals surface area contributed by atoms with Crippen LogP contribution in [-0.2, 0) is 0 Å². The average Bonchev–Trinajstić information content (AvgIpc) is 2.97. The summed E-state index contributed by atoms with van der Waals surface area (Å²) in [4.78, 5) is 12.3. The van der Waals surface area contributed by atoms with Crippen LogP contribution in [-0.4, -0.2) is 31.8 Å². The van der Waals surface area contributed by atoms with Crippen LogP contribution in [0, 0.1) is 0 Å². The Balaban J connectivity index is 1.97. The van der Waals surface area contributed by atoms with Gasteiger partial charge in [-0.05, 0) is 12.1 Å². The Morgan fingerprint density at radius 3 is 2.85 bits per heavy atom. The third-order valence-electron chi connectivity index (χ3n) is 2.71. The van der Waals surface area contributed by atoms with Crippen LogP contribution in [0.25, 0.3) is 17.2 Å². The first-order valence-corrected chi connectivity index (χ1v) is 5.90. The van der Waals surface area contributed by atoms with Crippen molar-refractivity contribution in [1.29, 1.82) is 0 Å². The van der Waals surface area contributed by atoms with E-state index in [4.69, 9.17) is 10.5 Å². The highest BCUT2D eigenvalue weighted by Crippen LogP contribution is 2.18. The third-order valence-corrected chi connectivity index (χ3v) is 2.71. The zero-order valence-corrected chi connectivity index (χ0v) is 10.8. The first-order valence-electron chi connectivity index (χ1n) is 5.90. The molecule has 0 unspecified atom stereocenters.